The molecule has 1 atom stereocenters. The van der Waals surface area contributed by atoms with Gasteiger partial charge >= 0.3 is 0 Å². The largest absolute Gasteiger partial charge is 0.339 e. The number of rotatable bonds is 7. The van der Waals surface area contributed by atoms with Crippen molar-refractivity contribution in [1.29, 1.82) is 0 Å². The van der Waals surface area contributed by atoms with Gasteiger partial charge < -0.3 is 4.90 Å². The molecule has 9 heteroatoms. The molecule has 1 aliphatic heterocycles. The second kappa shape index (κ2) is 8.96. The number of nitrogens with zero attached hydrogens (tertiary/aromatic N) is 4. The van der Waals surface area contributed by atoms with Crippen LogP contribution in [0, 0.1) is 5.82 Å². The number of amides is 3. The molecule has 0 aliphatic carbocycles. The van der Waals surface area contributed by atoms with Gasteiger partial charge in [-0.05, 0) is 29.3 Å². The van der Waals surface area contributed by atoms with Crippen LogP contribution in [0.15, 0.2) is 60.4 Å². The molecular weight excluding hydrogens is 431 g/mol. The number of benzene rings is 1. The van der Waals surface area contributed by atoms with Crippen molar-refractivity contribution < 1.29 is 18.8 Å². The van der Waals surface area contributed by atoms with E-state index in [1.807, 2.05) is 5.38 Å². The molecule has 0 saturated carbocycles. The lowest BCUT2D eigenvalue weighted by molar-refractivity contribution is -0.143. The Morgan fingerprint density at radius 3 is 2.78 bits per heavy atom. The molecule has 0 unspecified atom stereocenters. The highest BCUT2D eigenvalue weighted by Crippen LogP contribution is 2.41. The van der Waals surface area contributed by atoms with Gasteiger partial charge in [-0.3, -0.25) is 24.3 Å². The van der Waals surface area contributed by atoms with E-state index in [0.29, 0.717) is 11.1 Å². The van der Waals surface area contributed by atoms with Crippen molar-refractivity contribution in [3.63, 3.8) is 0 Å². The molecule has 1 aliphatic rings. The Morgan fingerprint density at radius 1 is 1.25 bits per heavy atom. The quantitative estimate of drug-likeness (QED) is 0.515. The Kier molecular flexibility index (Phi) is 6.09. The third-order valence-electron chi connectivity index (χ3n) is 5.58. The summed E-state index contributed by atoms with van der Waals surface area (Å²) in [6, 6.07) is 9.06. The van der Waals surface area contributed by atoms with Crippen LogP contribution >= 0.6 is 11.3 Å². The number of carbonyl (C=O) groups excluding carboxylic acids is 3. The highest BCUT2D eigenvalue weighted by atomic mass is 32.1. The van der Waals surface area contributed by atoms with Crippen molar-refractivity contribution >= 4 is 29.1 Å². The van der Waals surface area contributed by atoms with E-state index in [2.05, 4.69) is 9.97 Å². The van der Waals surface area contributed by atoms with E-state index in [1.54, 1.807) is 43.8 Å². The van der Waals surface area contributed by atoms with Gasteiger partial charge in [0.15, 0.2) is 0 Å². The first-order chi connectivity index (χ1) is 15.4. The van der Waals surface area contributed by atoms with Gasteiger partial charge in [0.05, 0.1) is 18.5 Å². The van der Waals surface area contributed by atoms with Crippen LogP contribution in [-0.4, -0.2) is 44.5 Å². The number of likely N-dealkylation sites (tertiary alicyclic amines) is 1. The smallest absolute Gasteiger partial charge is 0.241 e. The van der Waals surface area contributed by atoms with E-state index >= 15 is 0 Å². The van der Waals surface area contributed by atoms with Crippen LogP contribution in [0.1, 0.15) is 29.0 Å². The lowest BCUT2D eigenvalue weighted by Crippen LogP contribution is -2.42. The van der Waals surface area contributed by atoms with Crippen LogP contribution in [0.4, 0.5) is 4.39 Å². The van der Waals surface area contributed by atoms with E-state index < -0.39 is 23.0 Å². The van der Waals surface area contributed by atoms with Gasteiger partial charge in [-0.15, -0.1) is 11.3 Å². The van der Waals surface area contributed by atoms with Crippen molar-refractivity contribution in [3.8, 4) is 0 Å². The molecule has 3 aromatic rings. The molecule has 1 aromatic carbocycles. The molecular formula is C23H21FN4O3S. The number of thiazole rings is 1. The Morgan fingerprint density at radius 2 is 2.09 bits per heavy atom. The normalized spacial score (nSPS) is 18.2. The molecule has 4 rings (SSSR count). The first kappa shape index (κ1) is 21.8. The number of pyridine rings is 1. The summed E-state index contributed by atoms with van der Waals surface area (Å²) in [6.07, 6.45) is 4.39. The number of hydrogen-bond acceptors (Lipinski definition) is 6. The molecule has 32 heavy (non-hydrogen) atoms. The van der Waals surface area contributed by atoms with Crippen molar-refractivity contribution in [3.05, 3.63) is 82.3 Å². The van der Waals surface area contributed by atoms with Crippen LogP contribution in [0.2, 0.25) is 0 Å². The van der Waals surface area contributed by atoms with Gasteiger partial charge in [-0.2, -0.15) is 0 Å². The Labute approximate surface area is 188 Å². The van der Waals surface area contributed by atoms with E-state index in [4.69, 9.17) is 0 Å². The highest BCUT2D eigenvalue weighted by molar-refractivity contribution is 7.09. The van der Waals surface area contributed by atoms with E-state index in [0.717, 1.165) is 9.91 Å². The molecule has 0 radical (unpaired) electrons. The predicted molar refractivity (Wildman–Crippen MR) is 116 cm³/mol. The summed E-state index contributed by atoms with van der Waals surface area (Å²) in [4.78, 5) is 50.5. The Bertz CT molecular complexity index is 1140. The number of hydrogen-bond donors (Lipinski definition) is 0. The predicted octanol–water partition coefficient (Wildman–Crippen LogP) is 2.92. The molecule has 3 amide bonds. The minimum atomic E-state index is -1.46. The second-order valence-corrected chi connectivity index (χ2v) is 8.75. The number of imide groups is 1. The van der Waals surface area contributed by atoms with E-state index in [9.17, 15) is 18.8 Å². The zero-order chi connectivity index (χ0) is 22.7. The van der Waals surface area contributed by atoms with Gasteiger partial charge in [0.2, 0.25) is 17.7 Å². The summed E-state index contributed by atoms with van der Waals surface area (Å²) >= 11 is 1.42. The van der Waals surface area contributed by atoms with Crippen LogP contribution in [-0.2, 0) is 32.9 Å². The maximum atomic E-state index is 14.1. The molecule has 7 nitrogen and oxygen atoms in total. The summed E-state index contributed by atoms with van der Waals surface area (Å²) in [7, 11) is 1.62. The van der Waals surface area contributed by atoms with Crippen molar-refractivity contribution in [2.45, 2.75) is 31.3 Å². The lowest BCUT2D eigenvalue weighted by atomic mass is 9.75. The SMILES string of the molecule is CN(Cc1nccs1)C(=O)C[C@]1(c2cccc(F)c2)CC(=O)N(Cc2cccnc2)C1=O. The molecule has 0 spiro atoms. The zero-order valence-electron chi connectivity index (χ0n) is 17.4. The van der Waals surface area contributed by atoms with Crippen molar-refractivity contribution in [2.24, 2.45) is 0 Å². The van der Waals surface area contributed by atoms with Crippen LogP contribution in [0.3, 0.4) is 0 Å². The van der Waals surface area contributed by atoms with E-state index in [1.165, 1.54) is 34.4 Å². The minimum Gasteiger partial charge on any atom is -0.339 e. The average Bonchev–Trinajstić information content (AvgIpc) is 3.37. The Balaban J connectivity index is 1.65. The standard InChI is InChI=1S/C23H21FN4O3S/c1-27(15-19-26-8-9-32-19)20(29)11-23(17-5-2-6-18(24)10-17)12-21(30)28(22(23)31)14-16-4-3-7-25-13-16/h2-10,13H,11-12,14-15H2,1H3/t23-/m1/s1. The van der Waals surface area contributed by atoms with Crippen LogP contribution in [0.25, 0.3) is 0 Å². The zero-order valence-corrected chi connectivity index (χ0v) is 18.2. The lowest BCUT2D eigenvalue weighted by Gasteiger charge is -2.29. The second-order valence-electron chi connectivity index (χ2n) is 7.77. The third-order valence-corrected chi connectivity index (χ3v) is 6.35. The van der Waals surface area contributed by atoms with Gasteiger partial charge in [0.25, 0.3) is 0 Å². The highest BCUT2D eigenvalue weighted by Gasteiger charge is 2.54. The van der Waals surface area contributed by atoms with Gasteiger partial charge in [0, 0.05) is 43.9 Å². The fourth-order valence-electron chi connectivity index (χ4n) is 3.90. The number of aromatic nitrogens is 2. The molecule has 1 fully saturated rings. The maximum Gasteiger partial charge on any atom is 0.241 e. The summed E-state index contributed by atoms with van der Waals surface area (Å²) in [5.41, 5.74) is -0.452. The summed E-state index contributed by atoms with van der Waals surface area (Å²) in [5.74, 6) is -1.77. The topological polar surface area (TPSA) is 83.5 Å². The number of halogens is 1. The maximum absolute atomic E-state index is 14.1. The summed E-state index contributed by atoms with van der Waals surface area (Å²) in [5, 5.41) is 2.57. The molecule has 0 bridgehead atoms. The average molecular weight is 453 g/mol. The molecule has 164 valence electrons. The minimum absolute atomic E-state index is 0.0473. The monoisotopic (exact) mass is 452 g/mol. The first-order valence-electron chi connectivity index (χ1n) is 10.0. The molecule has 0 N–H and O–H groups in total. The van der Waals surface area contributed by atoms with Gasteiger partial charge in [-0.25, -0.2) is 9.37 Å². The first-order valence-corrected chi connectivity index (χ1v) is 10.9. The fraction of sp³-hybridized carbons (Fsp3) is 0.261. The molecule has 2 aromatic heterocycles. The van der Waals surface area contributed by atoms with Crippen LogP contribution < -0.4 is 0 Å². The van der Waals surface area contributed by atoms with Gasteiger partial charge in [0.1, 0.15) is 10.8 Å². The summed E-state index contributed by atoms with van der Waals surface area (Å²) in [6.45, 7) is 0.336. The molecule has 3 heterocycles. The Hall–Kier alpha value is -3.46. The van der Waals surface area contributed by atoms with E-state index in [-0.39, 0.29) is 31.8 Å². The van der Waals surface area contributed by atoms with Gasteiger partial charge in [-0.1, -0.05) is 18.2 Å². The van der Waals surface area contributed by atoms with Crippen molar-refractivity contribution in [1.82, 2.24) is 19.8 Å². The summed E-state index contributed by atoms with van der Waals surface area (Å²) < 4.78 is 14.1. The number of carbonyl (C=O) groups is 3. The third kappa shape index (κ3) is 4.29. The van der Waals surface area contributed by atoms with Crippen molar-refractivity contribution in [2.75, 3.05) is 7.05 Å². The molecule has 1 saturated heterocycles. The fourth-order valence-corrected chi connectivity index (χ4v) is 4.57. The van der Waals surface area contributed by atoms with Crippen LogP contribution in [0.5, 0.6) is 0 Å².